The highest BCUT2D eigenvalue weighted by Crippen LogP contribution is 2.19. The Hall–Kier alpha value is -2.82. The van der Waals surface area contributed by atoms with E-state index in [1.165, 1.54) is 7.11 Å². The maximum atomic E-state index is 12.1. The van der Waals surface area contributed by atoms with Crippen LogP contribution in [0.3, 0.4) is 0 Å². The lowest BCUT2D eigenvalue weighted by molar-refractivity contribution is 0.0600. The number of esters is 1. The summed E-state index contributed by atoms with van der Waals surface area (Å²) in [4.78, 5) is 23.7. The average molecular weight is 312 g/mol. The Morgan fingerprint density at radius 2 is 1.83 bits per heavy atom. The largest absolute Gasteiger partial charge is 0.465 e. The summed E-state index contributed by atoms with van der Waals surface area (Å²) in [5, 5.41) is 5.59. The van der Waals surface area contributed by atoms with Crippen molar-refractivity contribution in [2.24, 2.45) is 0 Å². The minimum Gasteiger partial charge on any atom is -0.465 e. The van der Waals surface area contributed by atoms with E-state index in [2.05, 4.69) is 10.6 Å². The minimum atomic E-state index is -0.430. The highest BCUT2D eigenvalue weighted by atomic mass is 16.5. The Bertz CT molecular complexity index is 684. The molecule has 0 fully saturated rings. The van der Waals surface area contributed by atoms with Crippen LogP contribution < -0.4 is 10.6 Å². The van der Waals surface area contributed by atoms with Gasteiger partial charge in [0.2, 0.25) is 0 Å². The summed E-state index contributed by atoms with van der Waals surface area (Å²) in [5.41, 5.74) is 2.98. The molecular formula is C18H20N2O3. The molecule has 23 heavy (non-hydrogen) atoms. The van der Waals surface area contributed by atoms with Crippen molar-refractivity contribution in [2.45, 2.75) is 19.9 Å². The number of hydrogen-bond acceptors (Lipinski definition) is 3. The van der Waals surface area contributed by atoms with Crippen LogP contribution in [0.1, 0.15) is 28.4 Å². The maximum Gasteiger partial charge on any atom is 0.337 e. The summed E-state index contributed by atoms with van der Waals surface area (Å²) >= 11 is 0. The summed E-state index contributed by atoms with van der Waals surface area (Å²) in [6.07, 6.45) is 0.746. The molecule has 0 radical (unpaired) electrons. The predicted molar refractivity (Wildman–Crippen MR) is 89.5 cm³/mol. The van der Waals surface area contributed by atoms with Crippen molar-refractivity contribution in [1.82, 2.24) is 5.32 Å². The predicted octanol–water partition coefficient (Wildman–Crippen LogP) is 3.36. The van der Waals surface area contributed by atoms with E-state index < -0.39 is 5.97 Å². The zero-order chi connectivity index (χ0) is 16.7. The smallest absolute Gasteiger partial charge is 0.337 e. The first-order valence-electron chi connectivity index (χ1n) is 7.44. The molecule has 2 aromatic carbocycles. The molecule has 5 nitrogen and oxygen atoms in total. The first-order valence-corrected chi connectivity index (χ1v) is 7.44. The van der Waals surface area contributed by atoms with Crippen molar-refractivity contribution in [2.75, 3.05) is 12.4 Å². The van der Waals surface area contributed by atoms with Crippen molar-refractivity contribution < 1.29 is 14.3 Å². The number of urea groups is 1. The van der Waals surface area contributed by atoms with Crippen LogP contribution in [0.5, 0.6) is 0 Å². The monoisotopic (exact) mass is 312 g/mol. The molecular weight excluding hydrogens is 292 g/mol. The first-order chi connectivity index (χ1) is 11.1. The fourth-order valence-electron chi connectivity index (χ4n) is 2.19. The summed E-state index contributed by atoms with van der Waals surface area (Å²) in [5.74, 6) is -0.430. The molecule has 5 heteroatoms. The van der Waals surface area contributed by atoms with Gasteiger partial charge in [0.1, 0.15) is 0 Å². The number of aryl methyl sites for hydroxylation is 1. The zero-order valence-corrected chi connectivity index (χ0v) is 13.3. The van der Waals surface area contributed by atoms with Gasteiger partial charge in [-0.1, -0.05) is 43.3 Å². The molecule has 0 aliphatic carbocycles. The number of amides is 2. The lowest BCUT2D eigenvalue weighted by Gasteiger charge is -2.12. The number of anilines is 1. The van der Waals surface area contributed by atoms with Crippen LogP contribution in [-0.4, -0.2) is 19.1 Å². The minimum absolute atomic E-state index is 0.314. The third-order valence-corrected chi connectivity index (χ3v) is 3.46. The number of nitrogens with one attached hydrogen (secondary N) is 2. The lowest BCUT2D eigenvalue weighted by Crippen LogP contribution is -2.28. The van der Waals surface area contributed by atoms with Gasteiger partial charge in [-0.2, -0.15) is 0 Å². The zero-order valence-electron chi connectivity index (χ0n) is 13.3. The third-order valence-electron chi connectivity index (χ3n) is 3.46. The number of methoxy groups -OCH3 is 1. The third kappa shape index (κ3) is 4.57. The van der Waals surface area contributed by atoms with E-state index in [9.17, 15) is 9.59 Å². The SMILES string of the molecule is CCc1ccc(C(=O)OC)cc1NC(=O)NCc1ccccc1. The van der Waals surface area contributed by atoms with Gasteiger partial charge in [-0.3, -0.25) is 0 Å². The molecule has 2 amide bonds. The van der Waals surface area contributed by atoms with Gasteiger partial charge in [-0.15, -0.1) is 0 Å². The number of rotatable bonds is 5. The van der Waals surface area contributed by atoms with E-state index in [1.807, 2.05) is 43.3 Å². The van der Waals surface area contributed by atoms with E-state index in [1.54, 1.807) is 12.1 Å². The summed E-state index contributed by atoms with van der Waals surface area (Å²) in [6, 6.07) is 14.5. The second-order valence-electron chi connectivity index (χ2n) is 5.01. The average Bonchev–Trinajstić information content (AvgIpc) is 2.60. The second kappa shape index (κ2) is 7.98. The van der Waals surface area contributed by atoms with Gasteiger partial charge in [0, 0.05) is 12.2 Å². The van der Waals surface area contributed by atoms with Gasteiger partial charge in [-0.05, 0) is 29.7 Å². The van der Waals surface area contributed by atoms with Gasteiger partial charge in [0.15, 0.2) is 0 Å². The lowest BCUT2D eigenvalue weighted by atomic mass is 10.1. The number of ether oxygens (including phenoxy) is 1. The number of hydrogen-bond donors (Lipinski definition) is 2. The van der Waals surface area contributed by atoms with Gasteiger partial charge in [-0.25, -0.2) is 9.59 Å². The molecule has 0 aliphatic rings. The molecule has 0 unspecified atom stereocenters. The fourth-order valence-corrected chi connectivity index (χ4v) is 2.19. The molecule has 0 bridgehead atoms. The molecule has 0 saturated heterocycles. The van der Waals surface area contributed by atoms with Crippen LogP contribution in [0, 0.1) is 0 Å². The van der Waals surface area contributed by atoms with E-state index >= 15 is 0 Å². The number of benzene rings is 2. The maximum absolute atomic E-state index is 12.1. The molecule has 2 N–H and O–H groups in total. The Kier molecular flexibility index (Phi) is 5.74. The second-order valence-corrected chi connectivity index (χ2v) is 5.01. The van der Waals surface area contributed by atoms with Crippen LogP contribution in [0.4, 0.5) is 10.5 Å². The quantitative estimate of drug-likeness (QED) is 0.832. The Balaban J connectivity index is 2.05. The van der Waals surface area contributed by atoms with Gasteiger partial charge < -0.3 is 15.4 Å². The molecule has 2 aromatic rings. The van der Waals surface area contributed by atoms with Crippen molar-refractivity contribution in [3.05, 3.63) is 65.2 Å². The Labute approximate surface area is 135 Å². The molecule has 0 spiro atoms. The Morgan fingerprint density at radius 3 is 2.48 bits per heavy atom. The van der Waals surface area contributed by atoms with Crippen molar-refractivity contribution >= 4 is 17.7 Å². The van der Waals surface area contributed by atoms with Crippen LogP contribution >= 0.6 is 0 Å². The van der Waals surface area contributed by atoms with E-state index in [-0.39, 0.29) is 6.03 Å². The molecule has 120 valence electrons. The molecule has 2 rings (SSSR count). The highest BCUT2D eigenvalue weighted by molar-refractivity contribution is 5.94. The summed E-state index contributed by atoms with van der Waals surface area (Å²) in [6.45, 7) is 2.42. The summed E-state index contributed by atoms with van der Waals surface area (Å²) in [7, 11) is 1.33. The fraction of sp³-hybridized carbons (Fsp3) is 0.222. The molecule has 0 aliphatic heterocycles. The molecule has 0 atom stereocenters. The van der Waals surface area contributed by atoms with E-state index in [0.717, 1.165) is 17.5 Å². The van der Waals surface area contributed by atoms with E-state index in [0.29, 0.717) is 17.8 Å². The van der Waals surface area contributed by atoms with Crippen LogP contribution in [0.15, 0.2) is 48.5 Å². The Morgan fingerprint density at radius 1 is 1.09 bits per heavy atom. The van der Waals surface area contributed by atoms with Gasteiger partial charge in [0.25, 0.3) is 0 Å². The van der Waals surface area contributed by atoms with Crippen molar-refractivity contribution in [1.29, 1.82) is 0 Å². The van der Waals surface area contributed by atoms with Crippen molar-refractivity contribution in [3.63, 3.8) is 0 Å². The topological polar surface area (TPSA) is 67.4 Å². The molecule has 0 saturated carbocycles. The van der Waals surface area contributed by atoms with Crippen LogP contribution in [-0.2, 0) is 17.7 Å². The van der Waals surface area contributed by atoms with Crippen LogP contribution in [0.2, 0.25) is 0 Å². The molecule has 0 aromatic heterocycles. The van der Waals surface area contributed by atoms with E-state index in [4.69, 9.17) is 4.74 Å². The van der Waals surface area contributed by atoms with Crippen LogP contribution in [0.25, 0.3) is 0 Å². The standard InChI is InChI=1S/C18H20N2O3/c1-3-14-9-10-15(17(21)23-2)11-16(14)20-18(22)19-12-13-7-5-4-6-8-13/h4-11H,3,12H2,1-2H3,(H2,19,20,22). The summed E-state index contributed by atoms with van der Waals surface area (Å²) < 4.78 is 4.71. The van der Waals surface area contributed by atoms with Gasteiger partial charge in [0.05, 0.1) is 12.7 Å². The van der Waals surface area contributed by atoms with Crippen molar-refractivity contribution in [3.8, 4) is 0 Å². The number of carbonyl (C=O) groups is 2. The highest BCUT2D eigenvalue weighted by Gasteiger charge is 2.11. The molecule has 0 heterocycles. The normalized spacial score (nSPS) is 10.0. The number of carbonyl (C=O) groups excluding carboxylic acids is 2. The van der Waals surface area contributed by atoms with Gasteiger partial charge >= 0.3 is 12.0 Å². The first kappa shape index (κ1) is 16.5.